The number of benzene rings is 1. The van der Waals surface area contributed by atoms with Gasteiger partial charge in [0.05, 0.1) is 6.10 Å². The minimum Gasteiger partial charge on any atom is -0.406 e. The Bertz CT molecular complexity index is 541. The fourth-order valence-electron chi connectivity index (χ4n) is 1.74. The van der Waals surface area contributed by atoms with Crippen molar-refractivity contribution < 1.29 is 23.0 Å². The third kappa shape index (κ3) is 4.24. The number of aliphatic hydroxyl groups is 1. The van der Waals surface area contributed by atoms with Crippen molar-refractivity contribution in [3.63, 3.8) is 0 Å². The number of rotatable bonds is 4. The van der Waals surface area contributed by atoms with Gasteiger partial charge in [-0.25, -0.2) is 0 Å². The first kappa shape index (κ1) is 14.3. The number of nitrogens with zero attached hydrogens (tertiary/aromatic N) is 1. The van der Waals surface area contributed by atoms with Crippen LogP contribution >= 0.6 is 0 Å². The van der Waals surface area contributed by atoms with Crippen molar-refractivity contribution in [3.05, 3.63) is 59.9 Å². The fraction of sp³-hybridized carbons (Fsp3) is 0.214. The SMILES string of the molecule is OC(Cc1ccc(OC(F)(F)F)cc1)c1cccnc1. The lowest BCUT2D eigenvalue weighted by molar-refractivity contribution is -0.274. The minimum absolute atomic E-state index is 0.280. The third-order valence-electron chi connectivity index (χ3n) is 2.66. The van der Waals surface area contributed by atoms with Crippen LogP contribution in [0, 0.1) is 0 Å². The summed E-state index contributed by atoms with van der Waals surface area (Å²) in [5.41, 5.74) is 1.36. The van der Waals surface area contributed by atoms with Gasteiger partial charge in [-0.3, -0.25) is 4.98 Å². The molecule has 0 saturated heterocycles. The average molecular weight is 283 g/mol. The van der Waals surface area contributed by atoms with E-state index in [2.05, 4.69) is 9.72 Å². The van der Waals surface area contributed by atoms with Gasteiger partial charge in [0.2, 0.25) is 0 Å². The number of halogens is 3. The van der Waals surface area contributed by atoms with Crippen LogP contribution in [0.1, 0.15) is 17.2 Å². The van der Waals surface area contributed by atoms with E-state index in [1.165, 1.54) is 24.3 Å². The third-order valence-corrected chi connectivity index (χ3v) is 2.66. The molecule has 1 atom stereocenters. The zero-order chi connectivity index (χ0) is 14.6. The van der Waals surface area contributed by atoms with Gasteiger partial charge in [-0.1, -0.05) is 18.2 Å². The number of aliphatic hydroxyl groups excluding tert-OH is 1. The highest BCUT2D eigenvalue weighted by atomic mass is 19.4. The molecule has 1 heterocycles. The largest absolute Gasteiger partial charge is 0.573 e. The zero-order valence-corrected chi connectivity index (χ0v) is 10.3. The molecule has 106 valence electrons. The number of pyridine rings is 1. The summed E-state index contributed by atoms with van der Waals surface area (Å²) in [6.07, 6.45) is -2.02. The normalized spacial score (nSPS) is 13.0. The van der Waals surface area contributed by atoms with E-state index in [1.54, 1.807) is 24.5 Å². The Balaban J connectivity index is 2.00. The molecule has 2 aromatic rings. The van der Waals surface area contributed by atoms with Gasteiger partial charge in [0.15, 0.2) is 0 Å². The van der Waals surface area contributed by atoms with Gasteiger partial charge in [0, 0.05) is 18.8 Å². The summed E-state index contributed by atoms with van der Waals surface area (Å²) in [5, 5.41) is 9.98. The van der Waals surface area contributed by atoms with Gasteiger partial charge in [0.25, 0.3) is 0 Å². The van der Waals surface area contributed by atoms with Crippen molar-refractivity contribution in [2.45, 2.75) is 18.9 Å². The highest BCUT2D eigenvalue weighted by molar-refractivity contribution is 5.28. The Kier molecular flexibility index (Phi) is 4.24. The van der Waals surface area contributed by atoms with E-state index < -0.39 is 12.5 Å². The lowest BCUT2D eigenvalue weighted by Gasteiger charge is -2.12. The summed E-state index contributed by atoms with van der Waals surface area (Å²) < 4.78 is 39.8. The molecule has 0 radical (unpaired) electrons. The molecule has 2 rings (SSSR count). The number of ether oxygens (including phenoxy) is 1. The monoisotopic (exact) mass is 283 g/mol. The minimum atomic E-state index is -4.70. The Morgan fingerprint density at radius 2 is 1.85 bits per heavy atom. The molecule has 6 heteroatoms. The summed E-state index contributed by atoms with van der Waals surface area (Å²) in [6.45, 7) is 0. The van der Waals surface area contributed by atoms with Crippen LogP contribution in [-0.4, -0.2) is 16.5 Å². The fourth-order valence-corrected chi connectivity index (χ4v) is 1.74. The topological polar surface area (TPSA) is 42.4 Å². The van der Waals surface area contributed by atoms with Crippen LogP contribution in [0.25, 0.3) is 0 Å². The molecule has 0 bridgehead atoms. The molecule has 1 unspecified atom stereocenters. The molecule has 0 spiro atoms. The molecule has 1 N–H and O–H groups in total. The van der Waals surface area contributed by atoms with Crippen LogP contribution in [0.4, 0.5) is 13.2 Å². The summed E-state index contributed by atoms with van der Waals surface area (Å²) in [5.74, 6) is -0.280. The number of aromatic nitrogens is 1. The quantitative estimate of drug-likeness (QED) is 0.936. The second-order valence-corrected chi connectivity index (χ2v) is 4.20. The lowest BCUT2D eigenvalue weighted by Crippen LogP contribution is -2.17. The van der Waals surface area contributed by atoms with E-state index >= 15 is 0 Å². The molecule has 0 aliphatic rings. The predicted octanol–water partition coefficient (Wildman–Crippen LogP) is 3.26. The van der Waals surface area contributed by atoms with Crippen LogP contribution in [0.15, 0.2) is 48.8 Å². The van der Waals surface area contributed by atoms with Gasteiger partial charge in [-0.15, -0.1) is 13.2 Å². The van der Waals surface area contributed by atoms with E-state index in [0.29, 0.717) is 11.1 Å². The Hall–Kier alpha value is -2.08. The van der Waals surface area contributed by atoms with Crippen molar-refractivity contribution in [3.8, 4) is 5.75 Å². The van der Waals surface area contributed by atoms with E-state index in [9.17, 15) is 18.3 Å². The van der Waals surface area contributed by atoms with Crippen molar-refractivity contribution in [2.75, 3.05) is 0 Å². The summed E-state index contributed by atoms with van der Waals surface area (Å²) in [4.78, 5) is 3.90. The van der Waals surface area contributed by atoms with E-state index in [1.807, 2.05) is 0 Å². The first-order valence-electron chi connectivity index (χ1n) is 5.87. The highest BCUT2D eigenvalue weighted by Crippen LogP contribution is 2.24. The summed E-state index contributed by atoms with van der Waals surface area (Å²) >= 11 is 0. The highest BCUT2D eigenvalue weighted by Gasteiger charge is 2.30. The van der Waals surface area contributed by atoms with Crippen molar-refractivity contribution in [1.29, 1.82) is 0 Å². The first-order chi connectivity index (χ1) is 9.44. The maximum atomic E-state index is 12.0. The second-order valence-electron chi connectivity index (χ2n) is 4.20. The molecule has 1 aromatic heterocycles. The maximum Gasteiger partial charge on any atom is 0.573 e. The molecule has 20 heavy (non-hydrogen) atoms. The molecule has 0 aliphatic carbocycles. The molecule has 0 amide bonds. The molecule has 0 saturated carbocycles. The molecule has 3 nitrogen and oxygen atoms in total. The summed E-state index contributed by atoms with van der Waals surface area (Å²) in [6, 6.07) is 8.86. The summed E-state index contributed by atoms with van der Waals surface area (Å²) in [7, 11) is 0. The van der Waals surface area contributed by atoms with Gasteiger partial charge < -0.3 is 9.84 Å². The smallest absolute Gasteiger partial charge is 0.406 e. The van der Waals surface area contributed by atoms with Crippen LogP contribution in [-0.2, 0) is 6.42 Å². The van der Waals surface area contributed by atoms with E-state index in [4.69, 9.17) is 0 Å². The molecular formula is C14H12F3NO2. The lowest BCUT2D eigenvalue weighted by atomic mass is 10.0. The predicted molar refractivity (Wildman–Crippen MR) is 66.0 cm³/mol. The maximum absolute atomic E-state index is 12.0. The van der Waals surface area contributed by atoms with Gasteiger partial charge in [-0.05, 0) is 29.3 Å². The first-order valence-corrected chi connectivity index (χ1v) is 5.87. The van der Waals surface area contributed by atoms with E-state index in [0.717, 1.165) is 0 Å². The molecule has 0 aliphatic heterocycles. The van der Waals surface area contributed by atoms with Crippen LogP contribution in [0.3, 0.4) is 0 Å². The van der Waals surface area contributed by atoms with Crippen LogP contribution < -0.4 is 4.74 Å². The zero-order valence-electron chi connectivity index (χ0n) is 10.3. The number of hydrogen-bond acceptors (Lipinski definition) is 3. The molecule has 0 fully saturated rings. The molecular weight excluding hydrogens is 271 g/mol. The van der Waals surface area contributed by atoms with Crippen molar-refractivity contribution in [1.82, 2.24) is 4.98 Å². The second kappa shape index (κ2) is 5.92. The number of alkyl halides is 3. The Morgan fingerprint density at radius 1 is 1.15 bits per heavy atom. The molecule has 1 aromatic carbocycles. The van der Waals surface area contributed by atoms with Crippen molar-refractivity contribution in [2.24, 2.45) is 0 Å². The van der Waals surface area contributed by atoms with Crippen LogP contribution in [0.2, 0.25) is 0 Å². The van der Waals surface area contributed by atoms with Crippen LogP contribution in [0.5, 0.6) is 5.75 Å². The van der Waals surface area contributed by atoms with Gasteiger partial charge in [-0.2, -0.15) is 0 Å². The van der Waals surface area contributed by atoms with Gasteiger partial charge in [0.1, 0.15) is 5.75 Å². The standard InChI is InChI=1S/C14H12F3NO2/c15-14(16,17)20-12-5-3-10(4-6-12)8-13(19)11-2-1-7-18-9-11/h1-7,9,13,19H,8H2. The number of hydrogen-bond donors (Lipinski definition) is 1. The Morgan fingerprint density at radius 3 is 2.40 bits per heavy atom. The van der Waals surface area contributed by atoms with Crippen molar-refractivity contribution >= 4 is 0 Å². The Labute approximate surface area is 113 Å². The van der Waals surface area contributed by atoms with E-state index in [-0.39, 0.29) is 12.2 Å². The van der Waals surface area contributed by atoms with Gasteiger partial charge >= 0.3 is 6.36 Å². The average Bonchev–Trinajstić information content (AvgIpc) is 2.40.